The van der Waals surface area contributed by atoms with Crippen LogP contribution >= 0.6 is 0 Å². The molecule has 2 N–H and O–H groups in total. The first kappa shape index (κ1) is 26.8. The second kappa shape index (κ2) is 11.1. The third-order valence-corrected chi connectivity index (χ3v) is 7.82. The van der Waals surface area contributed by atoms with Gasteiger partial charge in [-0.25, -0.2) is 18.2 Å². The van der Waals surface area contributed by atoms with E-state index in [1.807, 2.05) is 48.5 Å². The molecule has 0 spiro atoms. The molecule has 1 aliphatic heterocycles. The average Bonchev–Trinajstić information content (AvgIpc) is 3.42. The Hall–Kier alpha value is -3.83. The number of nitrogens with two attached hydrogens (primary N) is 1. The summed E-state index contributed by atoms with van der Waals surface area (Å²) < 4.78 is 42.2. The van der Waals surface area contributed by atoms with E-state index in [0.717, 1.165) is 24.0 Å². The number of methoxy groups -OCH3 is 1. The molecule has 2 heterocycles. The fraction of sp³-hybridized carbons (Fsp3) is 0.241. The maximum atomic E-state index is 13.2. The van der Waals surface area contributed by atoms with E-state index in [1.165, 1.54) is 12.1 Å². The number of hydrogen-bond donors (Lipinski definition) is 1. The number of carbonyl (C=O) groups is 1. The molecular formula is C29H29N3O6S. The van der Waals surface area contributed by atoms with Gasteiger partial charge in [0.05, 0.1) is 21.9 Å². The predicted molar refractivity (Wildman–Crippen MR) is 145 cm³/mol. The summed E-state index contributed by atoms with van der Waals surface area (Å²) in [4.78, 5) is 13.2. The fourth-order valence-electron chi connectivity index (χ4n) is 4.71. The third kappa shape index (κ3) is 5.79. The van der Waals surface area contributed by atoms with Crippen LogP contribution in [0.3, 0.4) is 0 Å². The monoisotopic (exact) mass is 547 g/mol. The Morgan fingerprint density at radius 3 is 2.38 bits per heavy atom. The highest BCUT2D eigenvalue weighted by molar-refractivity contribution is 7.89. The molecule has 0 amide bonds. The number of sulfonamides is 1. The summed E-state index contributed by atoms with van der Waals surface area (Å²) in [5.74, 6) is 0.259. The maximum Gasteiger partial charge on any atom is 0.238 e. The second-order valence-corrected chi connectivity index (χ2v) is 10.8. The number of carbonyl (C=O) groups excluding carboxylic acids is 1. The second-order valence-electron chi connectivity index (χ2n) is 9.28. The molecular weight excluding hydrogens is 518 g/mol. The minimum atomic E-state index is -3.84. The fourth-order valence-corrected chi connectivity index (χ4v) is 5.23. The van der Waals surface area contributed by atoms with Crippen molar-refractivity contribution < 1.29 is 27.4 Å². The van der Waals surface area contributed by atoms with Crippen molar-refractivity contribution >= 4 is 15.8 Å². The zero-order valence-corrected chi connectivity index (χ0v) is 22.3. The molecule has 0 unspecified atom stereocenters. The van der Waals surface area contributed by atoms with Gasteiger partial charge in [-0.1, -0.05) is 42.5 Å². The van der Waals surface area contributed by atoms with Crippen LogP contribution in [-0.2, 0) is 25.1 Å². The standard InChI is InChI=1S/C29H29N3O6S/c1-36-29(14-16-37-17-15-29)22-8-5-9-24(18-22)38-20-28(33)26-19-27(21-6-3-2-4-7-21)32(31-26)23-10-12-25(13-11-23)39(30,34)35/h2-13,18-19H,14-17,20H2,1H3,(H2,30,34,35). The lowest BCUT2D eigenvalue weighted by atomic mass is 9.86. The van der Waals surface area contributed by atoms with Crippen LogP contribution in [0.1, 0.15) is 28.9 Å². The van der Waals surface area contributed by atoms with Crippen LogP contribution in [0.25, 0.3) is 16.9 Å². The smallest absolute Gasteiger partial charge is 0.238 e. The van der Waals surface area contributed by atoms with Crippen molar-refractivity contribution in [3.63, 3.8) is 0 Å². The largest absolute Gasteiger partial charge is 0.485 e. The lowest BCUT2D eigenvalue weighted by molar-refractivity contribution is -0.0948. The van der Waals surface area contributed by atoms with Crippen LogP contribution in [0.15, 0.2) is 89.8 Å². The number of benzene rings is 3. The Kier molecular flexibility index (Phi) is 7.62. The van der Waals surface area contributed by atoms with Gasteiger partial charge < -0.3 is 14.2 Å². The van der Waals surface area contributed by atoms with E-state index < -0.39 is 15.6 Å². The number of nitrogens with zero attached hydrogens (tertiary/aromatic N) is 2. The first-order chi connectivity index (χ1) is 18.8. The van der Waals surface area contributed by atoms with E-state index in [1.54, 1.807) is 36.1 Å². The number of hydrogen-bond acceptors (Lipinski definition) is 7. The minimum Gasteiger partial charge on any atom is -0.485 e. The Morgan fingerprint density at radius 2 is 1.72 bits per heavy atom. The summed E-state index contributed by atoms with van der Waals surface area (Å²) in [6, 6.07) is 24.8. The van der Waals surface area contributed by atoms with Crippen molar-refractivity contribution in [3.8, 4) is 22.7 Å². The number of rotatable bonds is 9. The van der Waals surface area contributed by atoms with Crippen molar-refractivity contribution in [3.05, 3.63) is 96.2 Å². The zero-order valence-electron chi connectivity index (χ0n) is 21.4. The highest BCUT2D eigenvalue weighted by atomic mass is 32.2. The number of ketones is 1. The lowest BCUT2D eigenvalue weighted by Gasteiger charge is -2.36. The average molecular weight is 548 g/mol. The first-order valence-electron chi connectivity index (χ1n) is 12.5. The van der Waals surface area contributed by atoms with E-state index in [0.29, 0.717) is 30.3 Å². The number of ether oxygens (including phenoxy) is 3. The van der Waals surface area contributed by atoms with Gasteiger partial charge in [0.25, 0.3) is 0 Å². The molecule has 5 rings (SSSR count). The van der Waals surface area contributed by atoms with E-state index in [9.17, 15) is 13.2 Å². The summed E-state index contributed by atoms with van der Waals surface area (Å²) in [7, 11) is -2.14. The summed E-state index contributed by atoms with van der Waals surface area (Å²) in [5.41, 5.74) is 2.86. The van der Waals surface area contributed by atoms with Crippen molar-refractivity contribution in [1.82, 2.24) is 9.78 Å². The molecule has 4 aromatic rings. The topological polar surface area (TPSA) is 123 Å². The van der Waals surface area contributed by atoms with Gasteiger partial charge >= 0.3 is 0 Å². The van der Waals surface area contributed by atoms with Crippen molar-refractivity contribution in [2.24, 2.45) is 5.14 Å². The van der Waals surface area contributed by atoms with E-state index >= 15 is 0 Å². The highest BCUT2D eigenvalue weighted by Crippen LogP contribution is 2.37. The number of Topliss-reactive ketones (excluding diaryl/α,β-unsaturated/α-hetero) is 1. The van der Waals surface area contributed by atoms with E-state index in [2.05, 4.69) is 5.10 Å². The van der Waals surface area contributed by atoms with Gasteiger partial charge in [0, 0.05) is 38.7 Å². The summed E-state index contributed by atoms with van der Waals surface area (Å²) in [6.07, 6.45) is 1.48. The molecule has 1 aromatic heterocycles. The number of aromatic nitrogens is 2. The third-order valence-electron chi connectivity index (χ3n) is 6.90. The van der Waals surface area contributed by atoms with Gasteiger partial charge in [-0.3, -0.25) is 4.79 Å². The summed E-state index contributed by atoms with van der Waals surface area (Å²) in [6.45, 7) is 1.03. The molecule has 10 heteroatoms. The van der Waals surface area contributed by atoms with Gasteiger partial charge in [0.1, 0.15) is 11.4 Å². The van der Waals surface area contributed by atoms with Crippen LogP contribution in [0.2, 0.25) is 0 Å². The molecule has 0 atom stereocenters. The Bertz CT molecular complexity index is 1560. The Morgan fingerprint density at radius 1 is 1.00 bits per heavy atom. The summed E-state index contributed by atoms with van der Waals surface area (Å²) >= 11 is 0. The molecule has 1 saturated heterocycles. The molecule has 3 aromatic carbocycles. The molecule has 39 heavy (non-hydrogen) atoms. The van der Waals surface area contributed by atoms with Crippen molar-refractivity contribution in [2.75, 3.05) is 26.9 Å². The van der Waals surface area contributed by atoms with Crippen LogP contribution in [0.4, 0.5) is 0 Å². The zero-order chi connectivity index (χ0) is 27.5. The van der Waals surface area contributed by atoms with Gasteiger partial charge in [0.15, 0.2) is 6.61 Å². The SMILES string of the molecule is COC1(c2cccc(OCC(=O)c3cc(-c4ccccc4)n(-c4ccc(S(N)(=O)=O)cc4)n3)c2)CCOCC1. The predicted octanol–water partition coefficient (Wildman–Crippen LogP) is 4.10. The normalized spacial score (nSPS) is 15.1. The van der Waals surface area contributed by atoms with E-state index in [-0.39, 0.29) is 23.0 Å². The lowest BCUT2D eigenvalue weighted by Crippen LogP contribution is -2.35. The quantitative estimate of drug-likeness (QED) is 0.313. The Balaban J connectivity index is 1.40. The molecule has 0 aliphatic carbocycles. The summed E-state index contributed by atoms with van der Waals surface area (Å²) in [5, 5.41) is 9.79. The van der Waals surface area contributed by atoms with Crippen molar-refractivity contribution in [2.45, 2.75) is 23.3 Å². The molecule has 202 valence electrons. The minimum absolute atomic E-state index is 0.0115. The molecule has 1 fully saturated rings. The van der Waals surface area contributed by atoms with Gasteiger partial charge in [0.2, 0.25) is 15.8 Å². The molecule has 9 nitrogen and oxygen atoms in total. The van der Waals surface area contributed by atoms with Crippen LogP contribution < -0.4 is 9.88 Å². The van der Waals surface area contributed by atoms with Crippen LogP contribution in [0.5, 0.6) is 5.75 Å². The van der Waals surface area contributed by atoms with Crippen molar-refractivity contribution in [1.29, 1.82) is 0 Å². The van der Waals surface area contributed by atoms with Crippen LogP contribution in [-0.4, -0.2) is 50.9 Å². The van der Waals surface area contributed by atoms with Gasteiger partial charge in [-0.15, -0.1) is 0 Å². The number of primary sulfonamides is 1. The molecule has 0 bridgehead atoms. The Labute approximate surface area is 227 Å². The van der Waals surface area contributed by atoms with Crippen LogP contribution in [0, 0.1) is 0 Å². The maximum absolute atomic E-state index is 13.2. The molecule has 0 radical (unpaired) electrons. The molecule has 1 aliphatic rings. The van der Waals surface area contributed by atoms with Gasteiger partial charge in [-0.05, 0) is 48.0 Å². The highest BCUT2D eigenvalue weighted by Gasteiger charge is 2.34. The molecule has 0 saturated carbocycles. The first-order valence-corrected chi connectivity index (χ1v) is 14.0. The van der Waals surface area contributed by atoms with E-state index in [4.69, 9.17) is 19.3 Å². The van der Waals surface area contributed by atoms with Gasteiger partial charge in [-0.2, -0.15) is 5.10 Å².